The lowest BCUT2D eigenvalue weighted by molar-refractivity contribution is -0.140. The summed E-state index contributed by atoms with van der Waals surface area (Å²) in [5.41, 5.74) is 1.06. The number of hydrogen-bond donors (Lipinski definition) is 0. The number of likely N-dealkylation sites (N-methyl/N-ethyl adjacent to an activating group) is 1. The van der Waals surface area contributed by atoms with E-state index >= 15 is 0 Å². The molecule has 1 saturated heterocycles. The molecule has 0 N–H and O–H groups in total. The second-order valence-corrected chi connectivity index (χ2v) is 6.35. The molecular weight excluding hydrogens is 376 g/mol. The summed E-state index contributed by atoms with van der Waals surface area (Å²) in [7, 11) is 2.83. The van der Waals surface area contributed by atoms with Gasteiger partial charge < -0.3 is 14.1 Å². The maximum absolute atomic E-state index is 12.4. The predicted octanol–water partition coefficient (Wildman–Crippen LogP) is 3.17. The van der Waals surface area contributed by atoms with Crippen LogP contribution in [0.3, 0.4) is 0 Å². The number of nitrogens with zero attached hydrogens (tertiary/aromatic N) is 2. The van der Waals surface area contributed by atoms with E-state index in [0.717, 1.165) is 5.56 Å². The summed E-state index contributed by atoms with van der Waals surface area (Å²) in [6.45, 7) is -0.154. The molecule has 0 spiro atoms. The van der Waals surface area contributed by atoms with Crippen LogP contribution in [0.4, 0.5) is 0 Å². The molecule has 0 aliphatic carbocycles. The fourth-order valence-corrected chi connectivity index (χ4v) is 2.94. The molecule has 1 aliphatic rings. The number of hydrogen-bond acceptors (Lipinski definition) is 5. The lowest BCUT2D eigenvalue weighted by Gasteiger charge is -2.16. The average Bonchev–Trinajstić information content (AvgIpc) is 3.17. The molecule has 1 fully saturated rings. The summed E-state index contributed by atoms with van der Waals surface area (Å²) in [6, 6.07) is 10.8. The molecule has 0 bridgehead atoms. The number of carbonyl (C=O) groups is 2. The van der Waals surface area contributed by atoms with Crippen LogP contribution in [0.1, 0.15) is 5.76 Å². The van der Waals surface area contributed by atoms with Gasteiger partial charge in [-0.15, -0.1) is 0 Å². The van der Waals surface area contributed by atoms with Crippen molar-refractivity contribution in [3.63, 3.8) is 0 Å². The van der Waals surface area contributed by atoms with Crippen LogP contribution in [-0.4, -0.2) is 47.5 Å². The van der Waals surface area contributed by atoms with Gasteiger partial charge >= 0.3 is 5.97 Å². The van der Waals surface area contributed by atoms with Crippen molar-refractivity contribution < 1.29 is 18.7 Å². The quantitative estimate of drug-likeness (QED) is 0.454. The molecule has 2 aromatic rings. The molecular formula is C18H15ClN2O4S. The van der Waals surface area contributed by atoms with E-state index in [4.69, 9.17) is 28.2 Å². The summed E-state index contributed by atoms with van der Waals surface area (Å²) in [5.74, 6) is 0.247. The highest BCUT2D eigenvalue weighted by Gasteiger charge is 2.37. The van der Waals surface area contributed by atoms with Crippen molar-refractivity contribution in [2.24, 2.45) is 0 Å². The van der Waals surface area contributed by atoms with Crippen molar-refractivity contribution in [3.05, 3.63) is 52.9 Å². The van der Waals surface area contributed by atoms with Gasteiger partial charge in [0.15, 0.2) is 5.11 Å². The Balaban J connectivity index is 1.93. The molecule has 6 nitrogen and oxygen atoms in total. The van der Waals surface area contributed by atoms with Gasteiger partial charge in [-0.1, -0.05) is 23.7 Å². The van der Waals surface area contributed by atoms with E-state index in [-0.39, 0.29) is 23.3 Å². The Hall–Kier alpha value is -2.64. The second kappa shape index (κ2) is 7.31. The van der Waals surface area contributed by atoms with Crippen molar-refractivity contribution in [1.82, 2.24) is 9.80 Å². The largest absolute Gasteiger partial charge is 0.468 e. The molecule has 1 amide bonds. The Kier molecular flexibility index (Phi) is 5.11. The number of ether oxygens (including phenoxy) is 1. The molecule has 134 valence electrons. The average molecular weight is 391 g/mol. The molecule has 3 rings (SSSR count). The molecule has 26 heavy (non-hydrogen) atoms. The Labute approximate surface area is 160 Å². The van der Waals surface area contributed by atoms with E-state index in [1.54, 1.807) is 37.4 Å². The summed E-state index contributed by atoms with van der Waals surface area (Å²) in [4.78, 5) is 26.8. The first kappa shape index (κ1) is 18.2. The topological polar surface area (TPSA) is 63.0 Å². The minimum atomic E-state index is -0.500. The van der Waals surface area contributed by atoms with Crippen molar-refractivity contribution >= 4 is 46.9 Å². The summed E-state index contributed by atoms with van der Waals surface area (Å²) in [5, 5.41) is 0.828. The minimum absolute atomic E-state index is 0.154. The lowest BCUT2D eigenvalue weighted by Crippen LogP contribution is -2.33. The Morgan fingerprint density at radius 1 is 1.35 bits per heavy atom. The fourth-order valence-electron chi connectivity index (χ4n) is 2.51. The normalized spacial score (nSPS) is 15.9. The van der Waals surface area contributed by atoms with Gasteiger partial charge in [0, 0.05) is 23.7 Å². The van der Waals surface area contributed by atoms with E-state index < -0.39 is 5.97 Å². The fraction of sp³-hybridized carbons (Fsp3) is 0.167. The SMILES string of the molecule is COC(=O)CN1C(=S)N(C)C(=O)C1=Cc1ccc(-c2cccc(Cl)c2)o1. The smallest absolute Gasteiger partial charge is 0.325 e. The number of rotatable bonds is 4. The second-order valence-electron chi connectivity index (χ2n) is 5.55. The maximum Gasteiger partial charge on any atom is 0.325 e. The molecule has 8 heteroatoms. The van der Waals surface area contributed by atoms with Crippen LogP contribution >= 0.6 is 23.8 Å². The first-order valence-corrected chi connectivity index (χ1v) is 8.43. The number of halogens is 1. The molecule has 0 unspecified atom stereocenters. The zero-order valence-corrected chi connectivity index (χ0v) is 15.6. The van der Waals surface area contributed by atoms with Gasteiger partial charge in [0.05, 0.1) is 7.11 Å². The van der Waals surface area contributed by atoms with E-state index in [0.29, 0.717) is 16.5 Å². The zero-order valence-electron chi connectivity index (χ0n) is 14.1. The van der Waals surface area contributed by atoms with Gasteiger partial charge in [0.2, 0.25) is 0 Å². The van der Waals surface area contributed by atoms with Crippen LogP contribution in [0.2, 0.25) is 5.02 Å². The lowest BCUT2D eigenvalue weighted by atomic mass is 10.2. The highest BCUT2D eigenvalue weighted by molar-refractivity contribution is 7.80. The van der Waals surface area contributed by atoms with Crippen molar-refractivity contribution in [2.75, 3.05) is 20.7 Å². The molecule has 1 aromatic carbocycles. The molecule has 2 heterocycles. The zero-order chi connectivity index (χ0) is 18.8. The van der Waals surface area contributed by atoms with Crippen molar-refractivity contribution in [1.29, 1.82) is 0 Å². The van der Waals surface area contributed by atoms with E-state index in [2.05, 4.69) is 4.74 Å². The van der Waals surface area contributed by atoms with Gasteiger partial charge in [0.1, 0.15) is 23.8 Å². The maximum atomic E-state index is 12.4. The van der Waals surface area contributed by atoms with E-state index in [9.17, 15) is 9.59 Å². The third-order valence-corrected chi connectivity index (χ3v) is 4.59. The van der Waals surface area contributed by atoms with Crippen LogP contribution in [0, 0.1) is 0 Å². The van der Waals surface area contributed by atoms with Crippen LogP contribution in [0.5, 0.6) is 0 Å². The monoisotopic (exact) mass is 390 g/mol. The van der Waals surface area contributed by atoms with Gasteiger partial charge in [-0.25, -0.2) is 0 Å². The number of thiocarbonyl (C=S) groups is 1. The van der Waals surface area contributed by atoms with E-state index in [1.165, 1.54) is 16.9 Å². The highest BCUT2D eigenvalue weighted by Crippen LogP contribution is 2.28. The van der Waals surface area contributed by atoms with Crippen LogP contribution in [0.25, 0.3) is 17.4 Å². The number of carbonyl (C=O) groups excluding carboxylic acids is 2. The highest BCUT2D eigenvalue weighted by atomic mass is 35.5. The van der Waals surface area contributed by atoms with Gasteiger partial charge in [-0.3, -0.25) is 14.5 Å². The number of methoxy groups -OCH3 is 1. The van der Waals surface area contributed by atoms with E-state index in [1.807, 2.05) is 12.1 Å². The molecule has 0 saturated carbocycles. The number of esters is 1. The van der Waals surface area contributed by atoms with Crippen molar-refractivity contribution in [2.45, 2.75) is 0 Å². The predicted molar refractivity (Wildman–Crippen MR) is 101 cm³/mol. The van der Waals surface area contributed by atoms with Crippen LogP contribution in [-0.2, 0) is 14.3 Å². The van der Waals surface area contributed by atoms with Crippen LogP contribution in [0.15, 0.2) is 46.5 Å². The molecule has 0 atom stereocenters. The van der Waals surface area contributed by atoms with Gasteiger partial charge in [-0.05, 0) is 36.5 Å². The Morgan fingerprint density at radius 2 is 2.12 bits per heavy atom. The Morgan fingerprint density at radius 3 is 2.81 bits per heavy atom. The van der Waals surface area contributed by atoms with Gasteiger partial charge in [-0.2, -0.15) is 0 Å². The summed E-state index contributed by atoms with van der Waals surface area (Å²) >= 11 is 11.2. The molecule has 1 aliphatic heterocycles. The van der Waals surface area contributed by atoms with Crippen LogP contribution < -0.4 is 0 Å². The first-order chi connectivity index (χ1) is 12.4. The third kappa shape index (κ3) is 3.49. The number of furan rings is 1. The van der Waals surface area contributed by atoms with Gasteiger partial charge in [0.25, 0.3) is 5.91 Å². The Bertz CT molecular complexity index is 921. The summed E-state index contributed by atoms with van der Waals surface area (Å²) < 4.78 is 10.5. The van der Waals surface area contributed by atoms with Crippen molar-refractivity contribution in [3.8, 4) is 11.3 Å². The first-order valence-electron chi connectivity index (χ1n) is 7.64. The number of benzene rings is 1. The molecule has 0 radical (unpaired) electrons. The molecule has 1 aromatic heterocycles. The number of amides is 1. The third-order valence-electron chi connectivity index (χ3n) is 3.86. The minimum Gasteiger partial charge on any atom is -0.468 e. The summed E-state index contributed by atoms with van der Waals surface area (Å²) in [6.07, 6.45) is 1.55. The standard InChI is InChI=1S/C18H15ClN2O4S/c1-20-17(23)14(21(18(20)26)10-16(22)24-2)9-13-6-7-15(25-13)11-4-3-5-12(19)8-11/h3-9H,10H2,1-2H3.